The molecule has 0 heterocycles. The molecule has 148 valence electrons. The fraction of sp³-hybridized carbons (Fsp3) is 0.391. The molecule has 1 unspecified atom stereocenters. The third-order valence-corrected chi connectivity index (χ3v) is 5.12. The van der Waals surface area contributed by atoms with E-state index >= 15 is 0 Å². The molecule has 1 aliphatic carbocycles. The van der Waals surface area contributed by atoms with Crippen LogP contribution in [0.15, 0.2) is 48.5 Å². The number of rotatable bonds is 6. The van der Waals surface area contributed by atoms with Crippen LogP contribution in [0.2, 0.25) is 0 Å². The van der Waals surface area contributed by atoms with Crippen molar-refractivity contribution >= 4 is 12.1 Å². The van der Waals surface area contributed by atoms with Gasteiger partial charge in [0, 0.05) is 5.92 Å². The molecule has 2 aromatic carbocycles. The van der Waals surface area contributed by atoms with Crippen LogP contribution in [0.4, 0.5) is 4.79 Å². The van der Waals surface area contributed by atoms with E-state index in [4.69, 9.17) is 4.74 Å². The number of ether oxygens (including phenoxy) is 1. The van der Waals surface area contributed by atoms with Gasteiger partial charge in [0.2, 0.25) is 0 Å². The van der Waals surface area contributed by atoms with Crippen molar-refractivity contribution in [3.05, 3.63) is 59.7 Å². The summed E-state index contributed by atoms with van der Waals surface area (Å²) in [5.41, 5.74) is 4.55. The summed E-state index contributed by atoms with van der Waals surface area (Å²) >= 11 is 0. The number of carboxylic acid groups (broad SMARTS) is 1. The summed E-state index contributed by atoms with van der Waals surface area (Å²) in [4.78, 5) is 23.7. The van der Waals surface area contributed by atoms with Gasteiger partial charge < -0.3 is 15.2 Å². The number of fused-ring (bicyclic) bond motifs is 3. The molecule has 0 fully saturated rings. The van der Waals surface area contributed by atoms with Gasteiger partial charge in [-0.05, 0) is 40.5 Å². The standard InChI is InChI=1S/C23H27NO4/c1-23(2,3)13-12-20(21(25)26)24-22(27)28-14-19-17-10-6-4-8-15(17)16-9-5-7-11-18(16)19/h4-11,19-20H,12-14H2,1-3H3,(H,24,27)(H,25,26). The van der Waals surface area contributed by atoms with Crippen LogP contribution in [-0.4, -0.2) is 29.8 Å². The predicted octanol–water partition coefficient (Wildman–Crippen LogP) is 4.80. The highest BCUT2D eigenvalue weighted by Crippen LogP contribution is 2.44. The van der Waals surface area contributed by atoms with E-state index in [0.717, 1.165) is 22.3 Å². The number of alkyl carbamates (subject to hydrolysis) is 1. The molecular weight excluding hydrogens is 354 g/mol. The molecule has 0 saturated heterocycles. The molecular formula is C23H27NO4. The van der Waals surface area contributed by atoms with Crippen molar-refractivity contribution in [1.82, 2.24) is 5.32 Å². The molecule has 0 spiro atoms. The average molecular weight is 381 g/mol. The van der Waals surface area contributed by atoms with Crippen LogP contribution in [0.5, 0.6) is 0 Å². The molecule has 1 atom stereocenters. The Balaban J connectivity index is 1.65. The summed E-state index contributed by atoms with van der Waals surface area (Å²) < 4.78 is 5.44. The van der Waals surface area contributed by atoms with Crippen molar-refractivity contribution in [2.75, 3.05) is 6.61 Å². The number of carbonyl (C=O) groups excluding carboxylic acids is 1. The zero-order valence-corrected chi connectivity index (χ0v) is 16.6. The summed E-state index contributed by atoms with van der Waals surface area (Å²) in [5.74, 6) is -1.09. The Bertz CT molecular complexity index is 823. The van der Waals surface area contributed by atoms with E-state index in [1.54, 1.807) is 0 Å². The van der Waals surface area contributed by atoms with Crippen LogP contribution < -0.4 is 5.32 Å². The molecule has 1 amide bonds. The van der Waals surface area contributed by atoms with Crippen molar-refractivity contribution in [3.8, 4) is 11.1 Å². The zero-order chi connectivity index (χ0) is 20.3. The maximum absolute atomic E-state index is 12.3. The molecule has 2 N–H and O–H groups in total. The van der Waals surface area contributed by atoms with Gasteiger partial charge in [-0.1, -0.05) is 69.3 Å². The second-order valence-corrected chi connectivity index (χ2v) is 8.46. The Morgan fingerprint density at radius 3 is 2.07 bits per heavy atom. The van der Waals surface area contributed by atoms with Gasteiger partial charge in [-0.3, -0.25) is 0 Å². The first kappa shape index (κ1) is 19.9. The SMILES string of the molecule is CC(C)(C)CCC(NC(=O)OCC1c2ccccc2-c2ccccc21)C(=O)O. The lowest BCUT2D eigenvalue weighted by Gasteiger charge is -2.22. The van der Waals surface area contributed by atoms with Crippen molar-refractivity contribution < 1.29 is 19.4 Å². The first-order valence-corrected chi connectivity index (χ1v) is 9.60. The van der Waals surface area contributed by atoms with E-state index in [1.165, 1.54) is 0 Å². The Kier molecular flexibility index (Phi) is 5.73. The van der Waals surface area contributed by atoms with Crippen LogP contribution >= 0.6 is 0 Å². The highest BCUT2D eigenvalue weighted by Gasteiger charge is 2.30. The normalized spacial score (nSPS) is 14.1. The van der Waals surface area contributed by atoms with Gasteiger partial charge in [-0.15, -0.1) is 0 Å². The van der Waals surface area contributed by atoms with Gasteiger partial charge in [-0.2, -0.15) is 0 Å². The van der Waals surface area contributed by atoms with E-state index in [-0.39, 0.29) is 17.9 Å². The topological polar surface area (TPSA) is 75.6 Å². The van der Waals surface area contributed by atoms with Crippen molar-refractivity contribution in [1.29, 1.82) is 0 Å². The summed E-state index contributed by atoms with van der Waals surface area (Å²) in [5, 5.41) is 11.9. The molecule has 2 aromatic rings. The number of hydrogen-bond acceptors (Lipinski definition) is 3. The molecule has 0 saturated carbocycles. The molecule has 5 nitrogen and oxygen atoms in total. The quantitative estimate of drug-likeness (QED) is 0.753. The van der Waals surface area contributed by atoms with Crippen molar-refractivity contribution in [3.63, 3.8) is 0 Å². The zero-order valence-electron chi connectivity index (χ0n) is 16.6. The molecule has 28 heavy (non-hydrogen) atoms. The highest BCUT2D eigenvalue weighted by molar-refractivity contribution is 5.81. The number of carbonyl (C=O) groups is 2. The van der Waals surface area contributed by atoms with Crippen molar-refractivity contribution in [2.24, 2.45) is 5.41 Å². The molecule has 0 aliphatic heterocycles. The van der Waals surface area contributed by atoms with Crippen LogP contribution in [0.25, 0.3) is 11.1 Å². The second-order valence-electron chi connectivity index (χ2n) is 8.46. The van der Waals surface area contributed by atoms with Crippen molar-refractivity contribution in [2.45, 2.75) is 45.6 Å². The molecule has 5 heteroatoms. The number of aliphatic carboxylic acids is 1. The van der Waals surface area contributed by atoms with Crippen LogP contribution in [0.3, 0.4) is 0 Å². The van der Waals surface area contributed by atoms with E-state index in [9.17, 15) is 14.7 Å². The van der Waals surface area contributed by atoms with Gasteiger partial charge in [0.15, 0.2) is 0 Å². The predicted molar refractivity (Wildman–Crippen MR) is 108 cm³/mol. The fourth-order valence-corrected chi connectivity index (χ4v) is 3.62. The minimum absolute atomic E-state index is 0.00342. The van der Waals surface area contributed by atoms with E-state index < -0.39 is 18.1 Å². The summed E-state index contributed by atoms with van der Waals surface area (Å²) in [6.07, 6.45) is 0.361. The van der Waals surface area contributed by atoms with E-state index in [0.29, 0.717) is 12.8 Å². The Morgan fingerprint density at radius 2 is 1.57 bits per heavy atom. The molecule has 0 bridgehead atoms. The maximum Gasteiger partial charge on any atom is 0.407 e. The second kappa shape index (κ2) is 8.05. The van der Waals surface area contributed by atoms with Gasteiger partial charge in [0.1, 0.15) is 12.6 Å². The monoisotopic (exact) mass is 381 g/mol. The van der Waals surface area contributed by atoms with Gasteiger partial charge >= 0.3 is 12.1 Å². The van der Waals surface area contributed by atoms with Gasteiger partial charge in [0.25, 0.3) is 0 Å². The molecule has 0 aromatic heterocycles. The Hall–Kier alpha value is -2.82. The van der Waals surface area contributed by atoms with Crippen LogP contribution in [0.1, 0.15) is 50.7 Å². The molecule has 0 radical (unpaired) electrons. The van der Waals surface area contributed by atoms with E-state index in [1.807, 2.05) is 57.2 Å². The summed E-state index contributed by atoms with van der Waals surface area (Å²) in [6, 6.07) is 15.2. The fourth-order valence-electron chi connectivity index (χ4n) is 3.62. The van der Waals surface area contributed by atoms with Crippen LogP contribution in [-0.2, 0) is 9.53 Å². The molecule has 3 rings (SSSR count). The average Bonchev–Trinajstić information content (AvgIpc) is 2.96. The van der Waals surface area contributed by atoms with Crippen LogP contribution in [0, 0.1) is 5.41 Å². The Labute approximate surface area is 165 Å². The number of hydrogen-bond donors (Lipinski definition) is 2. The number of amides is 1. The summed E-state index contributed by atoms with van der Waals surface area (Å²) in [6.45, 7) is 6.29. The van der Waals surface area contributed by atoms with E-state index in [2.05, 4.69) is 17.4 Å². The largest absolute Gasteiger partial charge is 0.480 e. The maximum atomic E-state index is 12.3. The smallest absolute Gasteiger partial charge is 0.407 e. The Morgan fingerprint density at radius 1 is 1.04 bits per heavy atom. The minimum atomic E-state index is -1.04. The van der Waals surface area contributed by atoms with Gasteiger partial charge in [-0.25, -0.2) is 9.59 Å². The highest BCUT2D eigenvalue weighted by atomic mass is 16.5. The first-order valence-electron chi connectivity index (χ1n) is 9.60. The minimum Gasteiger partial charge on any atom is -0.480 e. The number of carboxylic acids is 1. The molecule has 1 aliphatic rings. The lowest BCUT2D eigenvalue weighted by atomic mass is 9.89. The lowest BCUT2D eigenvalue weighted by Crippen LogP contribution is -2.42. The third-order valence-electron chi connectivity index (χ3n) is 5.12. The number of nitrogens with one attached hydrogen (secondary N) is 1. The lowest BCUT2D eigenvalue weighted by molar-refractivity contribution is -0.139. The third kappa shape index (κ3) is 4.53. The summed E-state index contributed by atoms with van der Waals surface area (Å²) in [7, 11) is 0. The first-order chi connectivity index (χ1) is 13.3. The van der Waals surface area contributed by atoms with Gasteiger partial charge in [0.05, 0.1) is 0 Å². The number of benzene rings is 2.